The molecule has 0 aromatic carbocycles. The van der Waals surface area contributed by atoms with Gasteiger partial charge >= 0.3 is 0 Å². The predicted molar refractivity (Wildman–Crippen MR) is 59.9 cm³/mol. The van der Waals surface area contributed by atoms with Gasteiger partial charge in [-0.2, -0.15) is 0 Å². The maximum Gasteiger partial charge on any atom is 0.140 e. The van der Waals surface area contributed by atoms with E-state index in [4.69, 9.17) is 10.7 Å². The molecule has 15 heavy (non-hydrogen) atoms. The average molecular weight is 201 g/mol. The molecular formula is C12H15N3. The summed E-state index contributed by atoms with van der Waals surface area (Å²) in [4.78, 5) is 4.70. The summed E-state index contributed by atoms with van der Waals surface area (Å²) in [6.45, 7) is 0.686. The maximum atomic E-state index is 5.59. The summed E-state index contributed by atoms with van der Waals surface area (Å²) in [6, 6.07) is 4.18. The third-order valence-electron chi connectivity index (χ3n) is 2.99. The standard InChI is InChI=1S/C12H15N3/c13-6-5-10-2-1-7-15-8-11(9-3-4-9)14-12(10)15/h1-2,7-9H,3-6,13H2. The molecular weight excluding hydrogens is 186 g/mol. The maximum absolute atomic E-state index is 5.59. The van der Waals surface area contributed by atoms with Gasteiger partial charge in [0.15, 0.2) is 0 Å². The molecule has 2 aromatic rings. The molecule has 3 rings (SSSR count). The molecule has 0 atom stereocenters. The molecule has 0 aliphatic heterocycles. The van der Waals surface area contributed by atoms with Gasteiger partial charge in [0.1, 0.15) is 5.65 Å². The summed E-state index contributed by atoms with van der Waals surface area (Å²) < 4.78 is 2.12. The molecule has 3 heteroatoms. The van der Waals surface area contributed by atoms with Gasteiger partial charge in [-0.15, -0.1) is 0 Å². The molecule has 2 heterocycles. The van der Waals surface area contributed by atoms with Crippen molar-refractivity contribution in [3.05, 3.63) is 35.8 Å². The van der Waals surface area contributed by atoms with Crippen molar-refractivity contribution in [3.8, 4) is 0 Å². The first-order valence-electron chi connectivity index (χ1n) is 5.55. The number of aromatic nitrogens is 2. The lowest BCUT2D eigenvalue weighted by atomic mass is 10.2. The number of pyridine rings is 1. The van der Waals surface area contributed by atoms with Crippen LogP contribution < -0.4 is 5.73 Å². The Labute approximate surface area is 88.9 Å². The van der Waals surface area contributed by atoms with E-state index >= 15 is 0 Å². The minimum atomic E-state index is 0.686. The fourth-order valence-electron chi connectivity index (χ4n) is 2.02. The Hall–Kier alpha value is -1.35. The van der Waals surface area contributed by atoms with Crippen molar-refractivity contribution in [1.82, 2.24) is 9.38 Å². The highest BCUT2D eigenvalue weighted by Crippen LogP contribution is 2.39. The first-order valence-corrected chi connectivity index (χ1v) is 5.55. The Morgan fingerprint density at radius 3 is 3.07 bits per heavy atom. The lowest BCUT2D eigenvalue weighted by Crippen LogP contribution is -2.04. The number of nitrogens with two attached hydrogens (primary N) is 1. The van der Waals surface area contributed by atoms with Crippen LogP contribution in [0.25, 0.3) is 5.65 Å². The number of fused-ring (bicyclic) bond motifs is 1. The molecule has 2 aromatic heterocycles. The lowest BCUT2D eigenvalue weighted by molar-refractivity contribution is 0.959. The molecule has 2 N–H and O–H groups in total. The van der Waals surface area contributed by atoms with Crippen LogP contribution in [0.5, 0.6) is 0 Å². The Bertz CT molecular complexity index is 483. The zero-order valence-corrected chi connectivity index (χ0v) is 8.69. The fourth-order valence-corrected chi connectivity index (χ4v) is 2.02. The van der Waals surface area contributed by atoms with E-state index in [-0.39, 0.29) is 0 Å². The van der Waals surface area contributed by atoms with Crippen LogP contribution in [0.1, 0.15) is 30.0 Å². The van der Waals surface area contributed by atoms with Gasteiger partial charge in [-0.1, -0.05) is 6.07 Å². The summed E-state index contributed by atoms with van der Waals surface area (Å²) in [5.74, 6) is 0.718. The minimum Gasteiger partial charge on any atom is -0.330 e. The second kappa shape index (κ2) is 3.35. The topological polar surface area (TPSA) is 43.3 Å². The van der Waals surface area contributed by atoms with Crippen molar-refractivity contribution < 1.29 is 0 Å². The average Bonchev–Trinajstić information content (AvgIpc) is 2.99. The smallest absolute Gasteiger partial charge is 0.140 e. The zero-order chi connectivity index (χ0) is 10.3. The molecule has 0 unspecified atom stereocenters. The number of hydrogen-bond acceptors (Lipinski definition) is 2. The van der Waals surface area contributed by atoms with Crippen molar-refractivity contribution in [1.29, 1.82) is 0 Å². The summed E-state index contributed by atoms with van der Waals surface area (Å²) >= 11 is 0. The molecule has 0 bridgehead atoms. The van der Waals surface area contributed by atoms with Crippen molar-refractivity contribution in [2.45, 2.75) is 25.2 Å². The first-order chi connectivity index (χ1) is 7.38. The number of nitrogens with zero attached hydrogens (tertiary/aromatic N) is 2. The molecule has 1 saturated carbocycles. The number of imidazole rings is 1. The van der Waals surface area contributed by atoms with Crippen LogP contribution in [0.3, 0.4) is 0 Å². The number of hydrogen-bond donors (Lipinski definition) is 1. The quantitative estimate of drug-likeness (QED) is 0.821. The molecule has 1 fully saturated rings. The van der Waals surface area contributed by atoms with Crippen molar-refractivity contribution >= 4 is 5.65 Å². The second-order valence-electron chi connectivity index (χ2n) is 4.24. The van der Waals surface area contributed by atoms with E-state index in [0.29, 0.717) is 6.54 Å². The summed E-state index contributed by atoms with van der Waals surface area (Å²) in [7, 11) is 0. The fraction of sp³-hybridized carbons (Fsp3) is 0.417. The molecule has 1 aliphatic carbocycles. The van der Waals surface area contributed by atoms with E-state index in [1.165, 1.54) is 24.1 Å². The monoisotopic (exact) mass is 201 g/mol. The highest BCUT2D eigenvalue weighted by Gasteiger charge is 2.26. The van der Waals surface area contributed by atoms with Crippen LogP contribution >= 0.6 is 0 Å². The normalized spacial score (nSPS) is 16.1. The van der Waals surface area contributed by atoms with Gasteiger partial charge in [-0.25, -0.2) is 4.98 Å². The van der Waals surface area contributed by atoms with Gasteiger partial charge in [0.25, 0.3) is 0 Å². The Kier molecular flexibility index (Phi) is 1.99. The molecule has 1 aliphatic rings. The molecule has 0 radical (unpaired) electrons. The van der Waals surface area contributed by atoms with Crippen LogP contribution in [-0.2, 0) is 6.42 Å². The van der Waals surface area contributed by atoms with Gasteiger partial charge in [-0.05, 0) is 37.4 Å². The van der Waals surface area contributed by atoms with E-state index in [0.717, 1.165) is 18.0 Å². The molecule has 0 spiro atoms. The Balaban J connectivity index is 2.11. The second-order valence-corrected chi connectivity index (χ2v) is 4.24. The molecule has 78 valence electrons. The van der Waals surface area contributed by atoms with Crippen LogP contribution in [0, 0.1) is 0 Å². The van der Waals surface area contributed by atoms with Gasteiger partial charge in [0.2, 0.25) is 0 Å². The zero-order valence-electron chi connectivity index (χ0n) is 8.69. The minimum absolute atomic E-state index is 0.686. The van der Waals surface area contributed by atoms with Gasteiger partial charge in [0.05, 0.1) is 5.69 Å². The van der Waals surface area contributed by atoms with E-state index in [1.807, 2.05) is 0 Å². The highest BCUT2D eigenvalue weighted by atomic mass is 15.0. The van der Waals surface area contributed by atoms with Crippen LogP contribution in [0.2, 0.25) is 0 Å². The first kappa shape index (κ1) is 8.92. The third-order valence-corrected chi connectivity index (χ3v) is 2.99. The van der Waals surface area contributed by atoms with Crippen LogP contribution in [0.15, 0.2) is 24.5 Å². The third kappa shape index (κ3) is 1.53. The Morgan fingerprint density at radius 2 is 2.33 bits per heavy atom. The number of rotatable bonds is 3. The van der Waals surface area contributed by atoms with Crippen LogP contribution in [-0.4, -0.2) is 15.9 Å². The summed E-state index contributed by atoms with van der Waals surface area (Å²) in [5, 5.41) is 0. The summed E-state index contributed by atoms with van der Waals surface area (Å²) in [5.41, 5.74) is 9.19. The van der Waals surface area contributed by atoms with Gasteiger partial charge in [0, 0.05) is 18.3 Å². The van der Waals surface area contributed by atoms with Gasteiger partial charge in [-0.3, -0.25) is 0 Å². The molecule has 0 saturated heterocycles. The highest BCUT2D eigenvalue weighted by molar-refractivity contribution is 5.49. The summed E-state index contributed by atoms with van der Waals surface area (Å²) in [6.07, 6.45) is 7.74. The van der Waals surface area contributed by atoms with Gasteiger partial charge < -0.3 is 10.1 Å². The largest absolute Gasteiger partial charge is 0.330 e. The lowest BCUT2D eigenvalue weighted by Gasteiger charge is -2.00. The predicted octanol–water partition coefficient (Wildman–Crippen LogP) is 1.71. The van der Waals surface area contributed by atoms with E-state index in [2.05, 4.69) is 28.9 Å². The SMILES string of the molecule is NCCc1cccn2cc(C3CC3)nc12. The molecule has 0 amide bonds. The van der Waals surface area contributed by atoms with E-state index < -0.39 is 0 Å². The van der Waals surface area contributed by atoms with Crippen molar-refractivity contribution in [2.24, 2.45) is 5.73 Å². The Morgan fingerprint density at radius 1 is 1.47 bits per heavy atom. The van der Waals surface area contributed by atoms with E-state index in [1.54, 1.807) is 0 Å². The van der Waals surface area contributed by atoms with Crippen LogP contribution in [0.4, 0.5) is 0 Å². The van der Waals surface area contributed by atoms with Crippen molar-refractivity contribution in [2.75, 3.05) is 6.54 Å². The van der Waals surface area contributed by atoms with Crippen molar-refractivity contribution in [3.63, 3.8) is 0 Å². The molecule has 3 nitrogen and oxygen atoms in total. The van der Waals surface area contributed by atoms with E-state index in [9.17, 15) is 0 Å².